The SMILES string of the molecule is NC1N=C(C2CCCCCC2)c2ccccc2NC1=O. The predicted octanol–water partition coefficient (Wildman–Crippen LogP) is 2.68. The summed E-state index contributed by atoms with van der Waals surface area (Å²) in [7, 11) is 0. The fraction of sp³-hybridized carbons (Fsp3) is 0.500. The van der Waals surface area contributed by atoms with Gasteiger partial charge in [-0.15, -0.1) is 0 Å². The second kappa shape index (κ2) is 5.75. The van der Waals surface area contributed by atoms with E-state index < -0.39 is 6.17 Å². The number of hydrogen-bond donors (Lipinski definition) is 2. The van der Waals surface area contributed by atoms with Crippen LogP contribution in [0.5, 0.6) is 0 Å². The molecular weight excluding hydrogens is 250 g/mol. The van der Waals surface area contributed by atoms with E-state index >= 15 is 0 Å². The van der Waals surface area contributed by atoms with Crippen LogP contribution in [-0.2, 0) is 4.79 Å². The quantitative estimate of drug-likeness (QED) is 0.771. The Morgan fingerprint density at radius 1 is 1.10 bits per heavy atom. The monoisotopic (exact) mass is 271 g/mol. The maximum absolute atomic E-state index is 11.9. The third-order valence-electron chi connectivity index (χ3n) is 4.25. The molecule has 1 aliphatic carbocycles. The number of carbonyl (C=O) groups excluding carboxylic acids is 1. The van der Waals surface area contributed by atoms with E-state index in [1.54, 1.807) is 0 Å². The molecule has 1 aliphatic heterocycles. The van der Waals surface area contributed by atoms with Crippen LogP contribution in [0.3, 0.4) is 0 Å². The normalized spacial score (nSPS) is 24.1. The summed E-state index contributed by atoms with van der Waals surface area (Å²) in [4.78, 5) is 16.5. The van der Waals surface area contributed by atoms with Crippen LogP contribution in [-0.4, -0.2) is 17.8 Å². The van der Waals surface area contributed by atoms with Gasteiger partial charge in [-0.3, -0.25) is 9.79 Å². The minimum atomic E-state index is -0.791. The van der Waals surface area contributed by atoms with Crippen LogP contribution in [0, 0.1) is 5.92 Å². The number of benzene rings is 1. The van der Waals surface area contributed by atoms with Crippen LogP contribution in [0.25, 0.3) is 0 Å². The second-order valence-corrected chi connectivity index (χ2v) is 5.68. The Balaban J connectivity index is 2.01. The van der Waals surface area contributed by atoms with Crippen LogP contribution in [0.15, 0.2) is 29.3 Å². The van der Waals surface area contributed by atoms with E-state index in [2.05, 4.69) is 10.3 Å². The molecule has 0 spiro atoms. The molecule has 1 unspecified atom stereocenters. The molecular formula is C16H21N3O. The van der Waals surface area contributed by atoms with Crippen LogP contribution >= 0.6 is 0 Å². The molecule has 3 rings (SSSR count). The molecule has 4 nitrogen and oxygen atoms in total. The smallest absolute Gasteiger partial charge is 0.263 e. The van der Waals surface area contributed by atoms with Gasteiger partial charge in [0.25, 0.3) is 5.91 Å². The first-order valence-electron chi connectivity index (χ1n) is 7.49. The van der Waals surface area contributed by atoms with E-state index in [1.807, 2.05) is 24.3 Å². The Labute approximate surface area is 119 Å². The number of nitrogens with zero attached hydrogens (tertiary/aromatic N) is 1. The molecule has 1 amide bonds. The summed E-state index contributed by atoms with van der Waals surface area (Å²) in [6, 6.07) is 7.89. The van der Waals surface area contributed by atoms with Gasteiger partial charge in [-0.05, 0) is 18.9 Å². The van der Waals surface area contributed by atoms with Crippen molar-refractivity contribution in [3.63, 3.8) is 0 Å². The van der Waals surface area contributed by atoms with Gasteiger partial charge in [-0.25, -0.2) is 0 Å². The van der Waals surface area contributed by atoms with Crippen molar-refractivity contribution in [2.75, 3.05) is 5.32 Å². The summed E-state index contributed by atoms with van der Waals surface area (Å²) in [6.45, 7) is 0. The van der Waals surface area contributed by atoms with Crippen molar-refractivity contribution in [3.05, 3.63) is 29.8 Å². The molecule has 20 heavy (non-hydrogen) atoms. The lowest BCUT2D eigenvalue weighted by atomic mass is 9.89. The van der Waals surface area contributed by atoms with Crippen molar-refractivity contribution in [3.8, 4) is 0 Å². The van der Waals surface area contributed by atoms with Gasteiger partial charge in [0.2, 0.25) is 0 Å². The van der Waals surface area contributed by atoms with E-state index in [1.165, 1.54) is 25.7 Å². The number of aliphatic imine (C=N–C) groups is 1. The van der Waals surface area contributed by atoms with Gasteiger partial charge in [-0.2, -0.15) is 0 Å². The predicted molar refractivity (Wildman–Crippen MR) is 80.8 cm³/mol. The van der Waals surface area contributed by atoms with E-state index in [4.69, 9.17) is 5.73 Å². The summed E-state index contributed by atoms with van der Waals surface area (Å²) in [6.07, 6.45) is 6.58. The number of fused-ring (bicyclic) bond motifs is 1. The van der Waals surface area contributed by atoms with E-state index in [-0.39, 0.29) is 5.91 Å². The molecule has 1 atom stereocenters. The molecule has 1 fully saturated rings. The summed E-state index contributed by atoms with van der Waals surface area (Å²) >= 11 is 0. The van der Waals surface area contributed by atoms with Crippen LogP contribution in [0.2, 0.25) is 0 Å². The summed E-state index contributed by atoms with van der Waals surface area (Å²) in [5.74, 6) is 0.207. The number of amides is 1. The second-order valence-electron chi connectivity index (χ2n) is 5.68. The van der Waals surface area contributed by atoms with Gasteiger partial charge in [0.05, 0.1) is 0 Å². The Morgan fingerprint density at radius 3 is 2.55 bits per heavy atom. The van der Waals surface area contributed by atoms with Gasteiger partial charge in [-0.1, -0.05) is 43.9 Å². The highest BCUT2D eigenvalue weighted by atomic mass is 16.2. The third kappa shape index (κ3) is 2.61. The van der Waals surface area contributed by atoms with E-state index in [9.17, 15) is 4.79 Å². The van der Waals surface area contributed by atoms with Gasteiger partial charge in [0.15, 0.2) is 6.17 Å². The van der Waals surface area contributed by atoms with Gasteiger partial charge < -0.3 is 11.1 Å². The summed E-state index contributed by atoms with van der Waals surface area (Å²) in [5.41, 5.74) is 8.80. The third-order valence-corrected chi connectivity index (χ3v) is 4.25. The number of para-hydroxylation sites is 1. The lowest BCUT2D eigenvalue weighted by molar-refractivity contribution is -0.117. The number of nitrogens with two attached hydrogens (primary N) is 1. The van der Waals surface area contributed by atoms with Crippen molar-refractivity contribution in [1.29, 1.82) is 0 Å². The van der Waals surface area contributed by atoms with Crippen molar-refractivity contribution in [1.82, 2.24) is 0 Å². The van der Waals surface area contributed by atoms with Gasteiger partial charge in [0.1, 0.15) is 0 Å². The molecule has 4 heteroatoms. The number of hydrogen-bond acceptors (Lipinski definition) is 3. The van der Waals surface area contributed by atoms with Crippen molar-refractivity contribution in [2.45, 2.75) is 44.7 Å². The maximum Gasteiger partial charge on any atom is 0.263 e. The Bertz CT molecular complexity index is 530. The highest BCUT2D eigenvalue weighted by molar-refractivity contribution is 6.12. The molecule has 0 radical (unpaired) electrons. The maximum atomic E-state index is 11.9. The van der Waals surface area contributed by atoms with Gasteiger partial charge >= 0.3 is 0 Å². The molecule has 2 aliphatic rings. The van der Waals surface area contributed by atoms with Gasteiger partial charge in [0, 0.05) is 22.9 Å². The largest absolute Gasteiger partial charge is 0.322 e. The molecule has 0 saturated heterocycles. The zero-order chi connectivity index (χ0) is 13.9. The van der Waals surface area contributed by atoms with Crippen molar-refractivity contribution in [2.24, 2.45) is 16.6 Å². The minimum absolute atomic E-state index is 0.221. The topological polar surface area (TPSA) is 67.5 Å². The van der Waals surface area contributed by atoms with Crippen molar-refractivity contribution < 1.29 is 4.79 Å². The molecule has 1 saturated carbocycles. The average Bonchev–Trinajstić information content (AvgIpc) is 2.79. The molecule has 0 bridgehead atoms. The number of anilines is 1. The van der Waals surface area contributed by atoms with Crippen LogP contribution in [0.1, 0.15) is 44.1 Å². The first-order valence-corrected chi connectivity index (χ1v) is 7.49. The molecule has 1 aromatic carbocycles. The Morgan fingerprint density at radius 2 is 1.80 bits per heavy atom. The summed E-state index contributed by atoms with van der Waals surface area (Å²) < 4.78 is 0. The minimum Gasteiger partial charge on any atom is -0.322 e. The number of benzodiazepines with no additional fused rings is 1. The van der Waals surface area contributed by atoms with Crippen LogP contribution < -0.4 is 11.1 Å². The number of nitrogens with one attached hydrogen (secondary N) is 1. The fourth-order valence-electron chi connectivity index (χ4n) is 3.18. The first-order chi connectivity index (χ1) is 9.75. The van der Waals surface area contributed by atoms with Crippen LogP contribution in [0.4, 0.5) is 5.69 Å². The zero-order valence-corrected chi connectivity index (χ0v) is 11.6. The summed E-state index contributed by atoms with van der Waals surface area (Å²) in [5, 5.41) is 2.88. The molecule has 1 heterocycles. The lowest BCUT2D eigenvalue weighted by Crippen LogP contribution is -2.33. The van der Waals surface area contributed by atoms with E-state index in [0.717, 1.165) is 29.8 Å². The Kier molecular flexibility index (Phi) is 3.83. The molecule has 3 N–H and O–H groups in total. The highest BCUT2D eigenvalue weighted by Crippen LogP contribution is 2.30. The average molecular weight is 271 g/mol. The van der Waals surface area contributed by atoms with Crippen molar-refractivity contribution >= 4 is 17.3 Å². The van der Waals surface area contributed by atoms with E-state index in [0.29, 0.717) is 5.92 Å². The number of carbonyl (C=O) groups is 1. The lowest BCUT2D eigenvalue weighted by Gasteiger charge is -2.18. The zero-order valence-electron chi connectivity index (χ0n) is 11.6. The fourth-order valence-corrected chi connectivity index (χ4v) is 3.18. The first kappa shape index (κ1) is 13.3. The molecule has 1 aromatic rings. The highest BCUT2D eigenvalue weighted by Gasteiger charge is 2.27. The molecule has 106 valence electrons. The molecule has 0 aromatic heterocycles. The Hall–Kier alpha value is -1.68. The number of rotatable bonds is 1. The standard InChI is InChI=1S/C16H21N3O/c17-15-16(20)18-13-10-6-5-9-12(13)14(19-15)11-7-3-1-2-4-8-11/h5-6,9-11,15H,1-4,7-8,17H2,(H,18,20).